The van der Waals surface area contributed by atoms with Crippen molar-refractivity contribution in [3.8, 4) is 50.9 Å². The summed E-state index contributed by atoms with van der Waals surface area (Å²) >= 11 is 0. The zero-order valence-corrected chi connectivity index (χ0v) is 56.1. The Hall–Kier alpha value is -11.5. The molecule has 16 aromatic rings. The zero-order chi connectivity index (χ0) is 96.9. The molecule has 99 heavy (non-hydrogen) atoms. The van der Waals surface area contributed by atoms with Gasteiger partial charge in [0.25, 0.3) is 6.33 Å². The first kappa shape index (κ1) is 35.1. The molecule has 0 aliphatic heterocycles. The van der Waals surface area contributed by atoms with Gasteiger partial charge in [-0.25, -0.2) is 4.98 Å². The van der Waals surface area contributed by atoms with Crippen molar-refractivity contribution in [3.05, 3.63) is 369 Å². The van der Waals surface area contributed by atoms with Crippen LogP contribution in [0.4, 0.5) is 0 Å². The monoisotopic (exact) mass is 1340 g/mol. The summed E-state index contributed by atoms with van der Waals surface area (Å²) < 4.78 is 346. The van der Waals surface area contributed by atoms with Gasteiger partial charge < -0.3 is 4.74 Å². The molecule has 13 aromatic carbocycles. The maximum absolute atomic E-state index is 11.4. The van der Waals surface area contributed by atoms with Gasteiger partial charge in [-0.2, -0.15) is 0 Å². The lowest BCUT2D eigenvalue weighted by Gasteiger charge is -2.37. The fraction of sp³-hybridized carbons (Fsp3) is 0.0870. The van der Waals surface area contributed by atoms with Gasteiger partial charge in [0.1, 0.15) is 17.3 Å². The van der Waals surface area contributed by atoms with Gasteiger partial charge in [-0.1, -0.05) is 326 Å². The normalized spacial score (nSPS) is 16.9. The second-order valence-corrected chi connectivity index (χ2v) is 32.6. The number of imidazole rings is 1. The maximum Gasteiger partial charge on any atom is 0.269 e. The molecular formula is C92H76N4OSi2. The van der Waals surface area contributed by atoms with Crippen molar-refractivity contribution in [2.75, 3.05) is 0 Å². The number of benzene rings is 13. The molecule has 5 nitrogen and oxygen atoms in total. The summed E-state index contributed by atoms with van der Waals surface area (Å²) in [4.78, 5) is 4.87. The Balaban J connectivity index is 1.15. The number of para-hydroxylation sites is 2. The van der Waals surface area contributed by atoms with Crippen molar-refractivity contribution in [2.45, 2.75) is 52.4 Å². The van der Waals surface area contributed by atoms with Crippen LogP contribution in [0.5, 0.6) is 11.5 Å². The van der Waals surface area contributed by atoms with Gasteiger partial charge in [-0.15, -0.1) is 0 Å². The SMILES string of the molecule is [2H]c1c([2H])c([2H])c([Si](c2cccc(-c3c([2H])c([2H])c([2H])c([Si](c4c([2H])c([2H])c([2H])c([2H])c4[2H])(c4c([2H])c([2H])c([2H])c([2H])c4[2H])c4c([2H])c([2H])c([2H])c([2H])c4[2H])c3[2H])c2-[n+]2[c-]n(-c3cccc(Oc4ccc5c6ccccc6n(-c6cc(C(C)(C)C)ccn6)c5c4)c3)c3cc(-c4ccc(C(C)(C)C)cc4)ccc32)(c2c([2H])c([2H])c([2H])c([2H])c2[2H])c2c([2H])c([2H])c([2H])c([2H])c2[2H])c([2H])c1[2H]. The number of aromatic nitrogens is 4. The molecule has 0 aliphatic rings. The third kappa shape index (κ3) is 11.1. The largest absolute Gasteiger partial charge is 0.458 e. The topological polar surface area (TPSA) is 35.9 Å². The first-order chi connectivity index (χ1) is 62.4. The van der Waals surface area contributed by atoms with Crippen molar-refractivity contribution in [1.82, 2.24) is 14.1 Å². The van der Waals surface area contributed by atoms with E-state index in [9.17, 15) is 38.4 Å². The van der Waals surface area contributed by atoms with Crippen LogP contribution in [0.1, 0.15) is 99.3 Å². The molecule has 16 rings (SSSR count). The molecule has 0 spiro atoms. The third-order valence-corrected chi connectivity index (χ3v) is 25.9. The van der Waals surface area contributed by atoms with E-state index in [4.69, 9.17) is 17.9 Å². The molecule has 0 amide bonds. The Bertz CT molecular complexity index is 7270. The fourth-order valence-corrected chi connectivity index (χ4v) is 20.6. The van der Waals surface area contributed by atoms with Crippen LogP contribution in [0.25, 0.3) is 72.3 Å². The summed E-state index contributed by atoms with van der Waals surface area (Å²) in [5.74, 6) is 1.09. The highest BCUT2D eigenvalue weighted by molar-refractivity contribution is 7.20. The smallest absolute Gasteiger partial charge is 0.269 e. The Kier molecular flexibility index (Phi) is 9.05. The molecule has 0 unspecified atom stereocenters. The second kappa shape index (κ2) is 25.5. The zero-order valence-electron chi connectivity index (χ0n) is 88.1. The predicted octanol–water partition coefficient (Wildman–Crippen LogP) is 16.7. The summed E-state index contributed by atoms with van der Waals surface area (Å²) in [6.07, 6.45) is 5.16. The maximum atomic E-state index is 11.4. The minimum atomic E-state index is -6.78. The molecule has 0 N–H and O–H groups in total. The van der Waals surface area contributed by atoms with Crippen LogP contribution in [-0.2, 0) is 10.8 Å². The standard InChI is InChI=1S/C92H76N4OSi2/c1-91(2,3)69-53-50-66(51-54-69)67-52-57-85-87(61-67)94(71-31-28-32-72(63-71)97-73-55-56-83-82-46-25-26-48-84(82)96(86(83)64-73)89-62-70(58-59-93-89)92(4,5)6)65-95(85)90-81(47-29-49-88(90)99(77-39-19-10-20-40-77,78-41-21-11-22-42-78)79-43-23-12-24-44-79)68-30-27-45-80(60-68)98(74-33-13-7-14-34-74,75-35-15-8-16-36-75)76-37-17-9-18-38-76/h7-64H,1-6H3/i7D,8D,9D,10D,11D,12D,13D,14D,15D,16D,17D,18D,19D,20D,21D,22D,23D,24D,27D,30D,33D,34D,35D,36D,37D,38D,39D,40D,41D,42D,43D,44D,45D,60D. The van der Waals surface area contributed by atoms with E-state index in [1.165, 1.54) is 15.2 Å². The number of pyridine rings is 1. The number of rotatable bonds is 15. The molecule has 0 bridgehead atoms. The quantitative estimate of drug-likeness (QED) is 0.0444. The van der Waals surface area contributed by atoms with E-state index in [-0.39, 0.29) is 33.3 Å². The highest BCUT2D eigenvalue weighted by Gasteiger charge is 2.45. The van der Waals surface area contributed by atoms with E-state index in [0.29, 0.717) is 28.2 Å². The van der Waals surface area contributed by atoms with Crippen molar-refractivity contribution in [2.24, 2.45) is 0 Å². The third-order valence-electron chi connectivity index (χ3n) is 17.7. The van der Waals surface area contributed by atoms with Gasteiger partial charge in [0.2, 0.25) is 0 Å². The lowest BCUT2D eigenvalue weighted by atomic mass is 9.86. The Morgan fingerprint density at radius 1 is 0.404 bits per heavy atom. The molecule has 0 saturated heterocycles. The van der Waals surface area contributed by atoms with Crippen molar-refractivity contribution in [1.29, 1.82) is 0 Å². The second-order valence-electron chi connectivity index (χ2n) is 25.5. The van der Waals surface area contributed by atoms with Gasteiger partial charge in [-0.3, -0.25) is 13.7 Å². The minimum Gasteiger partial charge on any atom is -0.458 e. The van der Waals surface area contributed by atoms with Crippen molar-refractivity contribution < 1.29 is 55.9 Å². The van der Waals surface area contributed by atoms with Crippen molar-refractivity contribution in [3.63, 3.8) is 0 Å². The summed E-state index contributed by atoms with van der Waals surface area (Å²) in [5, 5.41) is -7.14. The van der Waals surface area contributed by atoms with Crippen LogP contribution in [0, 0.1) is 6.33 Å². The molecular weight excluding hydrogens is 1230 g/mol. The molecule has 7 heteroatoms. The van der Waals surface area contributed by atoms with Crippen LogP contribution in [0.3, 0.4) is 0 Å². The summed E-state index contributed by atoms with van der Waals surface area (Å²) in [5.41, 5.74) is 1.55. The van der Waals surface area contributed by atoms with E-state index in [2.05, 4.69) is 27.1 Å². The first-order valence-electron chi connectivity index (χ1n) is 48.5. The van der Waals surface area contributed by atoms with Crippen LogP contribution < -0.4 is 50.8 Å². The van der Waals surface area contributed by atoms with Gasteiger partial charge in [-0.05, 0) is 140 Å². The Labute approximate surface area is 630 Å². The predicted molar refractivity (Wildman–Crippen MR) is 418 cm³/mol. The molecule has 3 heterocycles. The molecule has 0 atom stereocenters. The summed E-state index contributed by atoms with van der Waals surface area (Å²) in [7, 11) is -13.4. The van der Waals surface area contributed by atoms with Crippen LogP contribution in [0.2, 0.25) is 0 Å². The molecule has 0 fully saturated rings. The highest BCUT2D eigenvalue weighted by Crippen LogP contribution is 2.38. The van der Waals surface area contributed by atoms with E-state index in [1.54, 1.807) is 48.7 Å². The van der Waals surface area contributed by atoms with Gasteiger partial charge in [0.05, 0.1) is 80.0 Å². The Morgan fingerprint density at radius 3 is 1.52 bits per heavy atom. The van der Waals surface area contributed by atoms with E-state index in [0.717, 1.165) is 45.6 Å². The minimum absolute atomic E-state index is 0.0915. The average Bonchev–Trinajstić information content (AvgIpc) is 1.06. The number of fused-ring (bicyclic) bond motifs is 4. The number of ether oxygens (including phenoxy) is 1. The van der Waals surface area contributed by atoms with Crippen LogP contribution in [-0.4, -0.2) is 30.3 Å². The lowest BCUT2D eigenvalue weighted by molar-refractivity contribution is -0.570. The van der Waals surface area contributed by atoms with Crippen LogP contribution >= 0.6 is 0 Å². The fourth-order valence-electron chi connectivity index (χ4n) is 13.0. The molecule has 3 aromatic heterocycles. The van der Waals surface area contributed by atoms with E-state index >= 15 is 0 Å². The van der Waals surface area contributed by atoms with Gasteiger partial charge in [0, 0.05) is 23.0 Å². The van der Waals surface area contributed by atoms with Gasteiger partial charge >= 0.3 is 0 Å². The van der Waals surface area contributed by atoms with E-state index < -0.39 is 280 Å². The number of nitrogens with zero attached hydrogens (tertiary/aromatic N) is 4. The Morgan fingerprint density at radius 2 is 0.929 bits per heavy atom. The summed E-state index contributed by atoms with van der Waals surface area (Å²) in [6.45, 7) is 12.3. The molecule has 0 saturated carbocycles. The number of hydrogen-bond acceptors (Lipinski definition) is 2. The van der Waals surface area contributed by atoms with Crippen molar-refractivity contribution >= 4 is 90.5 Å². The lowest BCUT2D eigenvalue weighted by Crippen LogP contribution is -2.76. The molecule has 0 aliphatic carbocycles. The molecule has 478 valence electrons. The highest BCUT2D eigenvalue weighted by atomic mass is 28.3. The van der Waals surface area contributed by atoms with Gasteiger partial charge in [0.15, 0.2) is 16.1 Å². The average molecular weight is 1340 g/mol. The van der Waals surface area contributed by atoms with Crippen LogP contribution in [0.15, 0.2) is 351 Å². The van der Waals surface area contributed by atoms with E-state index in [1.807, 2.05) is 98.1 Å². The number of hydrogen-bond donors (Lipinski definition) is 0. The molecule has 0 radical (unpaired) electrons. The first-order valence-corrected chi connectivity index (χ1v) is 35.5. The summed E-state index contributed by atoms with van der Waals surface area (Å²) in [6, 6.07) is -3.00.